The second-order valence-electron chi connectivity index (χ2n) is 4.81. The van der Waals surface area contributed by atoms with Crippen molar-refractivity contribution < 1.29 is 14.3 Å². The van der Waals surface area contributed by atoms with E-state index in [4.69, 9.17) is 4.74 Å². The number of rotatable bonds is 6. The molecule has 25 heavy (non-hydrogen) atoms. The molecular weight excluding hydrogens is 360 g/mol. The second-order valence-corrected chi connectivity index (χ2v) is 6.70. The SMILES string of the molecule is COc1ccccc1C(=O)NC(=O)CSc1n[nH]c(-c2cccs2)n1. The fourth-order valence-corrected chi connectivity index (χ4v) is 3.29. The minimum Gasteiger partial charge on any atom is -0.496 e. The highest BCUT2D eigenvalue weighted by Gasteiger charge is 2.15. The van der Waals surface area contributed by atoms with Crippen LogP contribution in [0.2, 0.25) is 0 Å². The molecule has 0 aliphatic rings. The molecule has 0 spiro atoms. The van der Waals surface area contributed by atoms with Gasteiger partial charge in [-0.3, -0.25) is 20.0 Å². The Bertz CT molecular complexity index is 877. The van der Waals surface area contributed by atoms with Crippen LogP contribution in [-0.2, 0) is 4.79 Å². The van der Waals surface area contributed by atoms with Gasteiger partial charge in [0.2, 0.25) is 11.1 Å². The molecule has 9 heteroatoms. The largest absolute Gasteiger partial charge is 0.496 e. The minimum atomic E-state index is -0.502. The average molecular weight is 374 g/mol. The van der Waals surface area contributed by atoms with Gasteiger partial charge in [-0.15, -0.1) is 16.4 Å². The topological polar surface area (TPSA) is 97.0 Å². The number of amides is 2. The molecule has 0 saturated carbocycles. The van der Waals surface area contributed by atoms with E-state index in [9.17, 15) is 9.59 Å². The number of nitrogens with zero attached hydrogens (tertiary/aromatic N) is 2. The van der Waals surface area contributed by atoms with E-state index in [1.165, 1.54) is 7.11 Å². The van der Waals surface area contributed by atoms with Crippen LogP contribution >= 0.6 is 23.1 Å². The summed E-state index contributed by atoms with van der Waals surface area (Å²) in [6.07, 6.45) is 0. The van der Waals surface area contributed by atoms with Gasteiger partial charge in [0.05, 0.1) is 23.3 Å². The lowest BCUT2D eigenvalue weighted by Gasteiger charge is -2.07. The summed E-state index contributed by atoms with van der Waals surface area (Å²) in [5.41, 5.74) is 0.307. The van der Waals surface area contributed by atoms with E-state index in [1.54, 1.807) is 35.6 Å². The first-order valence-corrected chi connectivity index (χ1v) is 9.10. The van der Waals surface area contributed by atoms with Gasteiger partial charge in [-0.25, -0.2) is 4.98 Å². The van der Waals surface area contributed by atoms with Crippen LogP contribution in [0.4, 0.5) is 0 Å². The minimum absolute atomic E-state index is 0.0304. The predicted molar refractivity (Wildman–Crippen MR) is 95.9 cm³/mol. The van der Waals surface area contributed by atoms with Gasteiger partial charge < -0.3 is 4.74 Å². The molecule has 2 amide bonds. The summed E-state index contributed by atoms with van der Waals surface area (Å²) in [7, 11) is 1.47. The van der Waals surface area contributed by atoms with Gasteiger partial charge >= 0.3 is 0 Å². The highest BCUT2D eigenvalue weighted by molar-refractivity contribution is 7.99. The molecule has 0 radical (unpaired) electrons. The number of thiophene rings is 1. The number of aromatic nitrogens is 3. The van der Waals surface area contributed by atoms with E-state index in [0.29, 0.717) is 22.3 Å². The summed E-state index contributed by atoms with van der Waals surface area (Å²) in [6.45, 7) is 0. The zero-order chi connectivity index (χ0) is 17.6. The molecule has 3 aromatic rings. The molecule has 2 heterocycles. The molecular formula is C16H14N4O3S2. The van der Waals surface area contributed by atoms with E-state index >= 15 is 0 Å². The number of benzene rings is 1. The molecule has 0 bridgehead atoms. The maximum atomic E-state index is 12.1. The Balaban J connectivity index is 1.55. The Morgan fingerprint density at radius 2 is 2.12 bits per heavy atom. The molecule has 0 atom stereocenters. The van der Waals surface area contributed by atoms with Gasteiger partial charge in [0.1, 0.15) is 5.75 Å². The number of methoxy groups -OCH3 is 1. The Labute approximate surface area is 151 Å². The van der Waals surface area contributed by atoms with Crippen molar-refractivity contribution in [1.82, 2.24) is 20.5 Å². The number of nitrogens with one attached hydrogen (secondary N) is 2. The third kappa shape index (κ3) is 4.25. The van der Waals surface area contributed by atoms with Crippen molar-refractivity contribution in [1.29, 1.82) is 0 Å². The highest BCUT2D eigenvalue weighted by Crippen LogP contribution is 2.23. The van der Waals surface area contributed by atoms with Gasteiger partial charge in [-0.05, 0) is 23.6 Å². The number of carbonyl (C=O) groups is 2. The summed E-state index contributed by atoms with van der Waals surface area (Å²) in [6, 6.07) is 10.6. The molecule has 0 unspecified atom stereocenters. The van der Waals surface area contributed by atoms with Crippen LogP contribution in [0.3, 0.4) is 0 Å². The summed E-state index contributed by atoms with van der Waals surface area (Å²) < 4.78 is 5.11. The third-order valence-corrected chi connectivity index (χ3v) is 4.88. The maximum absolute atomic E-state index is 12.1. The quantitative estimate of drug-likeness (QED) is 0.644. The zero-order valence-corrected chi connectivity index (χ0v) is 14.8. The molecule has 0 aliphatic carbocycles. The summed E-state index contributed by atoms with van der Waals surface area (Å²) in [5.74, 6) is 0.168. The van der Waals surface area contributed by atoms with Gasteiger partial charge in [-0.1, -0.05) is 30.0 Å². The summed E-state index contributed by atoms with van der Waals surface area (Å²) in [4.78, 5) is 29.4. The fourth-order valence-electron chi connectivity index (χ4n) is 2.03. The molecule has 0 fully saturated rings. The third-order valence-electron chi connectivity index (χ3n) is 3.16. The average Bonchev–Trinajstić information content (AvgIpc) is 3.31. The molecule has 7 nitrogen and oxygen atoms in total. The number of hydrogen-bond donors (Lipinski definition) is 2. The fraction of sp³-hybridized carbons (Fsp3) is 0.125. The van der Waals surface area contributed by atoms with Crippen LogP contribution in [0.1, 0.15) is 10.4 Å². The van der Waals surface area contributed by atoms with Crippen molar-refractivity contribution in [3.05, 3.63) is 47.3 Å². The molecule has 2 aromatic heterocycles. The number of carbonyl (C=O) groups excluding carboxylic acids is 2. The van der Waals surface area contributed by atoms with E-state index in [0.717, 1.165) is 16.6 Å². The lowest BCUT2D eigenvalue weighted by Crippen LogP contribution is -2.32. The van der Waals surface area contributed by atoms with Crippen molar-refractivity contribution in [2.45, 2.75) is 5.16 Å². The Morgan fingerprint density at radius 3 is 2.88 bits per heavy atom. The number of H-pyrrole nitrogens is 1. The monoisotopic (exact) mass is 374 g/mol. The van der Waals surface area contributed by atoms with Crippen LogP contribution in [0.15, 0.2) is 46.9 Å². The van der Waals surface area contributed by atoms with E-state index in [-0.39, 0.29) is 5.75 Å². The van der Waals surface area contributed by atoms with Crippen LogP contribution in [0.5, 0.6) is 5.75 Å². The molecule has 2 N–H and O–H groups in total. The molecule has 0 aliphatic heterocycles. The first-order valence-electron chi connectivity index (χ1n) is 7.23. The van der Waals surface area contributed by atoms with E-state index in [2.05, 4.69) is 20.5 Å². The number of para-hydroxylation sites is 1. The van der Waals surface area contributed by atoms with Crippen LogP contribution in [-0.4, -0.2) is 39.9 Å². The van der Waals surface area contributed by atoms with Gasteiger partial charge in [0.25, 0.3) is 5.91 Å². The van der Waals surface area contributed by atoms with Crippen LogP contribution in [0, 0.1) is 0 Å². The number of imide groups is 1. The lowest BCUT2D eigenvalue weighted by molar-refractivity contribution is -0.117. The number of aromatic amines is 1. The smallest absolute Gasteiger partial charge is 0.261 e. The molecule has 128 valence electrons. The first-order chi connectivity index (χ1) is 12.2. The van der Waals surface area contributed by atoms with Crippen molar-refractivity contribution in [2.75, 3.05) is 12.9 Å². The number of ether oxygens (including phenoxy) is 1. The first kappa shape index (κ1) is 17.2. The van der Waals surface area contributed by atoms with Crippen molar-refractivity contribution in [3.63, 3.8) is 0 Å². The highest BCUT2D eigenvalue weighted by atomic mass is 32.2. The van der Waals surface area contributed by atoms with Gasteiger partial charge in [-0.2, -0.15) is 0 Å². The zero-order valence-electron chi connectivity index (χ0n) is 13.2. The van der Waals surface area contributed by atoms with Crippen LogP contribution in [0.25, 0.3) is 10.7 Å². The van der Waals surface area contributed by atoms with Crippen molar-refractivity contribution in [3.8, 4) is 16.5 Å². The standard InChI is InChI=1S/C16H14N4O3S2/c1-23-11-6-3-2-5-10(11)15(22)17-13(21)9-25-16-18-14(19-20-16)12-7-4-8-24-12/h2-8H,9H2,1H3,(H,17,21,22)(H,18,19,20). The maximum Gasteiger partial charge on any atom is 0.261 e. The Kier molecular flexibility index (Phi) is 5.46. The normalized spacial score (nSPS) is 10.4. The summed E-state index contributed by atoms with van der Waals surface area (Å²) >= 11 is 2.69. The second kappa shape index (κ2) is 7.95. The van der Waals surface area contributed by atoms with Crippen LogP contribution < -0.4 is 10.1 Å². The van der Waals surface area contributed by atoms with Crippen molar-refractivity contribution >= 4 is 34.9 Å². The molecule has 0 saturated heterocycles. The number of hydrogen-bond acceptors (Lipinski definition) is 7. The Morgan fingerprint density at radius 1 is 1.28 bits per heavy atom. The summed E-state index contributed by atoms with van der Waals surface area (Å²) in [5, 5.41) is 11.6. The molecule has 3 rings (SSSR count). The number of thioether (sulfide) groups is 1. The van der Waals surface area contributed by atoms with E-state index in [1.807, 2.05) is 17.5 Å². The van der Waals surface area contributed by atoms with Crippen molar-refractivity contribution in [2.24, 2.45) is 0 Å². The Hall–Kier alpha value is -2.65. The van der Waals surface area contributed by atoms with Gasteiger partial charge in [0, 0.05) is 0 Å². The lowest BCUT2D eigenvalue weighted by atomic mass is 10.2. The molecule has 1 aromatic carbocycles. The van der Waals surface area contributed by atoms with E-state index < -0.39 is 11.8 Å². The van der Waals surface area contributed by atoms with Gasteiger partial charge in [0.15, 0.2) is 5.82 Å². The predicted octanol–water partition coefficient (Wildman–Crippen LogP) is 2.59.